The predicted molar refractivity (Wildman–Crippen MR) is 109 cm³/mol. The van der Waals surface area contributed by atoms with Crippen molar-refractivity contribution < 1.29 is 19.1 Å². The molecule has 0 aliphatic carbocycles. The molecule has 0 saturated heterocycles. The van der Waals surface area contributed by atoms with E-state index in [-0.39, 0.29) is 18.2 Å². The van der Waals surface area contributed by atoms with Crippen molar-refractivity contribution in [1.82, 2.24) is 15.3 Å². The Bertz CT molecular complexity index is 857. The second-order valence-corrected chi connectivity index (χ2v) is 6.61. The molecule has 0 spiro atoms. The van der Waals surface area contributed by atoms with Gasteiger partial charge in [-0.2, -0.15) is 5.10 Å². The van der Waals surface area contributed by atoms with Crippen LogP contribution in [0.1, 0.15) is 23.0 Å². The molecule has 28 heavy (non-hydrogen) atoms. The summed E-state index contributed by atoms with van der Waals surface area (Å²) in [6, 6.07) is 8.49. The first-order valence-corrected chi connectivity index (χ1v) is 9.25. The zero-order valence-corrected chi connectivity index (χ0v) is 17.4. The molecule has 0 radical (unpaired) electrons. The van der Waals surface area contributed by atoms with Crippen LogP contribution in [0.4, 0.5) is 0 Å². The van der Waals surface area contributed by atoms with Gasteiger partial charge >= 0.3 is 0 Å². The van der Waals surface area contributed by atoms with E-state index < -0.39 is 5.91 Å². The maximum absolute atomic E-state index is 12.0. The smallest absolute Gasteiger partial charge is 0.289 e. The first-order chi connectivity index (χ1) is 13.4. The number of benzene rings is 1. The number of hydrazone groups is 1. The Kier molecular flexibility index (Phi) is 7.94. The predicted octanol–water partition coefficient (Wildman–Crippen LogP) is 2.47. The summed E-state index contributed by atoms with van der Waals surface area (Å²) in [4.78, 5) is 29.1. The molecule has 1 heterocycles. The average molecular weight is 449 g/mol. The molecular formula is C19H21BrN4O4. The minimum atomic E-state index is -0.414. The number of aromatic nitrogens is 1. The molecule has 2 amide bonds. The molecular weight excluding hydrogens is 428 g/mol. The number of ether oxygens (including phenoxy) is 2. The number of halogens is 1. The van der Waals surface area contributed by atoms with Gasteiger partial charge in [-0.25, -0.2) is 5.43 Å². The van der Waals surface area contributed by atoms with E-state index in [0.717, 1.165) is 0 Å². The number of rotatable bonds is 8. The molecule has 0 saturated carbocycles. The van der Waals surface area contributed by atoms with Crippen molar-refractivity contribution in [2.75, 3.05) is 27.3 Å². The van der Waals surface area contributed by atoms with Gasteiger partial charge in [0.2, 0.25) is 0 Å². The normalized spacial score (nSPS) is 10.6. The summed E-state index contributed by atoms with van der Waals surface area (Å²) < 4.78 is 11.8. The number of likely N-dealkylation sites (N-methyl/N-ethyl adjacent to an activating group) is 1. The SMILES string of the molecule is CCOc1cc(C=NNC(=O)c2ccccn2)cc(Br)c1OCC(=O)N(C)C. The lowest BCUT2D eigenvalue weighted by Gasteiger charge is -2.16. The number of carbonyl (C=O) groups is 2. The molecule has 2 rings (SSSR count). The first-order valence-electron chi connectivity index (χ1n) is 8.46. The standard InChI is InChI=1S/C19H21BrN4O4/c1-4-27-16-10-13(9-14(20)18(16)28-12-17(25)24(2)3)11-22-23-19(26)15-7-5-6-8-21-15/h5-11H,4,12H2,1-3H3,(H,23,26). The van der Waals surface area contributed by atoms with E-state index in [4.69, 9.17) is 9.47 Å². The number of amides is 2. The van der Waals surface area contributed by atoms with Crippen LogP contribution in [0, 0.1) is 0 Å². The molecule has 0 unspecified atom stereocenters. The van der Waals surface area contributed by atoms with Gasteiger partial charge < -0.3 is 14.4 Å². The van der Waals surface area contributed by atoms with Crippen LogP contribution >= 0.6 is 15.9 Å². The molecule has 0 atom stereocenters. The minimum absolute atomic E-state index is 0.112. The molecule has 0 bridgehead atoms. The van der Waals surface area contributed by atoms with E-state index >= 15 is 0 Å². The molecule has 0 aliphatic heterocycles. The van der Waals surface area contributed by atoms with Crippen molar-refractivity contribution in [3.8, 4) is 11.5 Å². The third kappa shape index (κ3) is 6.05. The van der Waals surface area contributed by atoms with Gasteiger partial charge in [0.25, 0.3) is 11.8 Å². The highest BCUT2D eigenvalue weighted by molar-refractivity contribution is 9.10. The second kappa shape index (κ2) is 10.4. The Morgan fingerprint density at radius 1 is 1.29 bits per heavy atom. The van der Waals surface area contributed by atoms with Gasteiger partial charge in [0.15, 0.2) is 18.1 Å². The number of hydrogen-bond acceptors (Lipinski definition) is 6. The Hall–Kier alpha value is -2.94. The van der Waals surface area contributed by atoms with Gasteiger partial charge in [-0.05, 0) is 52.7 Å². The van der Waals surface area contributed by atoms with Gasteiger partial charge in [0.05, 0.1) is 17.3 Å². The van der Waals surface area contributed by atoms with Crippen LogP contribution in [-0.4, -0.2) is 55.2 Å². The fourth-order valence-corrected chi connectivity index (χ4v) is 2.62. The van der Waals surface area contributed by atoms with Crippen LogP contribution in [0.2, 0.25) is 0 Å². The van der Waals surface area contributed by atoms with E-state index in [9.17, 15) is 9.59 Å². The number of pyridine rings is 1. The third-order valence-electron chi connectivity index (χ3n) is 3.45. The molecule has 1 N–H and O–H groups in total. The average Bonchev–Trinajstić information content (AvgIpc) is 2.68. The first kappa shape index (κ1) is 21.4. The van der Waals surface area contributed by atoms with Crippen LogP contribution in [-0.2, 0) is 4.79 Å². The Balaban J connectivity index is 2.12. The van der Waals surface area contributed by atoms with Gasteiger partial charge in [-0.1, -0.05) is 6.07 Å². The van der Waals surface area contributed by atoms with Crippen molar-refractivity contribution in [2.45, 2.75) is 6.92 Å². The summed E-state index contributed by atoms with van der Waals surface area (Å²) in [5.41, 5.74) is 3.35. The fourth-order valence-electron chi connectivity index (χ4n) is 2.05. The highest BCUT2D eigenvalue weighted by Gasteiger charge is 2.14. The summed E-state index contributed by atoms with van der Waals surface area (Å²) >= 11 is 3.42. The van der Waals surface area contributed by atoms with E-state index in [1.54, 1.807) is 44.4 Å². The topological polar surface area (TPSA) is 93.1 Å². The zero-order valence-electron chi connectivity index (χ0n) is 15.8. The fraction of sp³-hybridized carbons (Fsp3) is 0.263. The minimum Gasteiger partial charge on any atom is -0.490 e. The van der Waals surface area contributed by atoms with Crippen LogP contribution in [0.15, 0.2) is 46.1 Å². The summed E-state index contributed by atoms with van der Waals surface area (Å²) in [7, 11) is 3.31. The highest BCUT2D eigenvalue weighted by atomic mass is 79.9. The number of nitrogens with one attached hydrogen (secondary N) is 1. The monoisotopic (exact) mass is 448 g/mol. The van der Waals surface area contributed by atoms with Gasteiger partial charge in [0.1, 0.15) is 5.69 Å². The Morgan fingerprint density at radius 3 is 2.71 bits per heavy atom. The summed E-state index contributed by atoms with van der Waals surface area (Å²) in [6.45, 7) is 2.15. The zero-order chi connectivity index (χ0) is 20.5. The third-order valence-corrected chi connectivity index (χ3v) is 4.04. The molecule has 148 valence electrons. The largest absolute Gasteiger partial charge is 0.490 e. The quantitative estimate of drug-likeness (QED) is 0.494. The number of nitrogens with zero attached hydrogens (tertiary/aromatic N) is 3. The number of carbonyl (C=O) groups excluding carboxylic acids is 2. The molecule has 1 aromatic heterocycles. The van der Waals surface area contributed by atoms with Gasteiger partial charge in [-0.15, -0.1) is 0 Å². The maximum atomic E-state index is 12.0. The second-order valence-electron chi connectivity index (χ2n) is 5.75. The van der Waals surface area contributed by atoms with E-state index in [2.05, 4.69) is 31.4 Å². The highest BCUT2D eigenvalue weighted by Crippen LogP contribution is 2.36. The molecule has 8 nitrogen and oxygen atoms in total. The van der Waals surface area contributed by atoms with Crippen molar-refractivity contribution in [3.05, 3.63) is 52.3 Å². The van der Waals surface area contributed by atoms with Gasteiger partial charge in [-0.3, -0.25) is 14.6 Å². The van der Waals surface area contributed by atoms with Crippen LogP contribution in [0.5, 0.6) is 11.5 Å². The van der Waals surface area contributed by atoms with Crippen molar-refractivity contribution in [3.63, 3.8) is 0 Å². The summed E-state index contributed by atoms with van der Waals surface area (Å²) in [6.07, 6.45) is 3.01. The van der Waals surface area contributed by atoms with Crippen LogP contribution < -0.4 is 14.9 Å². The Morgan fingerprint density at radius 2 is 2.07 bits per heavy atom. The van der Waals surface area contributed by atoms with Crippen molar-refractivity contribution in [1.29, 1.82) is 0 Å². The molecule has 9 heteroatoms. The number of hydrogen-bond donors (Lipinski definition) is 1. The van der Waals surface area contributed by atoms with Gasteiger partial charge in [0, 0.05) is 20.3 Å². The molecule has 2 aromatic rings. The van der Waals surface area contributed by atoms with E-state index in [1.165, 1.54) is 17.3 Å². The van der Waals surface area contributed by atoms with Crippen LogP contribution in [0.3, 0.4) is 0 Å². The molecule has 0 aliphatic rings. The van der Waals surface area contributed by atoms with Crippen LogP contribution in [0.25, 0.3) is 0 Å². The lowest BCUT2D eigenvalue weighted by molar-refractivity contribution is -0.130. The summed E-state index contributed by atoms with van der Waals surface area (Å²) in [5.74, 6) is 0.299. The molecule has 0 fully saturated rings. The van der Waals surface area contributed by atoms with E-state index in [0.29, 0.717) is 28.1 Å². The lowest BCUT2D eigenvalue weighted by Crippen LogP contribution is -2.27. The lowest BCUT2D eigenvalue weighted by atomic mass is 10.2. The van der Waals surface area contributed by atoms with Crippen molar-refractivity contribution >= 4 is 34.0 Å². The Labute approximate surface area is 171 Å². The maximum Gasteiger partial charge on any atom is 0.289 e. The molecule has 1 aromatic carbocycles. The summed E-state index contributed by atoms with van der Waals surface area (Å²) in [5, 5.41) is 3.94. The van der Waals surface area contributed by atoms with Crippen molar-refractivity contribution in [2.24, 2.45) is 5.10 Å². The van der Waals surface area contributed by atoms with E-state index in [1.807, 2.05) is 6.92 Å².